The van der Waals surface area contributed by atoms with Crippen molar-refractivity contribution >= 4 is 17.5 Å². The molecule has 0 saturated carbocycles. The van der Waals surface area contributed by atoms with E-state index in [2.05, 4.69) is 25.6 Å². The van der Waals surface area contributed by atoms with E-state index in [1.807, 2.05) is 31.2 Å². The van der Waals surface area contributed by atoms with Gasteiger partial charge in [-0.25, -0.2) is 9.97 Å². The third kappa shape index (κ3) is 3.95. The number of aryl methyl sites for hydroxylation is 1. The highest BCUT2D eigenvalue weighted by Gasteiger charge is 2.15. The van der Waals surface area contributed by atoms with Crippen LogP contribution in [-0.4, -0.2) is 27.7 Å². The van der Waals surface area contributed by atoms with Crippen LogP contribution in [0.25, 0.3) is 0 Å². The van der Waals surface area contributed by atoms with Gasteiger partial charge in [-0.15, -0.1) is 0 Å². The van der Waals surface area contributed by atoms with Gasteiger partial charge in [0.15, 0.2) is 11.5 Å². The van der Waals surface area contributed by atoms with Gasteiger partial charge in [-0.05, 0) is 42.8 Å². The first kappa shape index (κ1) is 16.8. The largest absolute Gasteiger partial charge is 0.454 e. The second-order valence-electron chi connectivity index (χ2n) is 5.95. The van der Waals surface area contributed by atoms with Crippen molar-refractivity contribution in [2.24, 2.45) is 0 Å². The van der Waals surface area contributed by atoms with Gasteiger partial charge in [-0.1, -0.05) is 0 Å². The van der Waals surface area contributed by atoms with Crippen molar-refractivity contribution in [1.29, 1.82) is 0 Å². The van der Waals surface area contributed by atoms with E-state index in [0.717, 1.165) is 11.3 Å². The number of hydrogen-bond acceptors (Lipinski definition) is 7. The van der Waals surface area contributed by atoms with E-state index >= 15 is 0 Å². The third-order valence-corrected chi connectivity index (χ3v) is 3.92. The maximum absolute atomic E-state index is 12.4. The Labute approximate surface area is 155 Å². The maximum Gasteiger partial charge on any atom is 0.270 e. The van der Waals surface area contributed by atoms with Crippen LogP contribution in [0.5, 0.6) is 11.5 Å². The summed E-state index contributed by atoms with van der Waals surface area (Å²) in [6.07, 6.45) is 3.37. The normalized spacial score (nSPS) is 11.9. The van der Waals surface area contributed by atoms with Gasteiger partial charge in [0.25, 0.3) is 5.91 Å². The number of carbonyl (C=O) groups excluding carboxylic acids is 1. The molecule has 0 saturated heterocycles. The highest BCUT2D eigenvalue weighted by Crippen LogP contribution is 2.34. The van der Waals surface area contributed by atoms with Crippen LogP contribution in [0, 0.1) is 6.92 Å². The minimum atomic E-state index is -0.272. The molecule has 1 aliphatic rings. The Morgan fingerprint density at radius 1 is 1.07 bits per heavy atom. The van der Waals surface area contributed by atoms with Crippen LogP contribution in [0.2, 0.25) is 0 Å². The second-order valence-corrected chi connectivity index (χ2v) is 5.95. The lowest BCUT2D eigenvalue weighted by atomic mass is 10.2. The number of carbonyl (C=O) groups is 1. The van der Waals surface area contributed by atoms with Gasteiger partial charge in [0, 0.05) is 36.4 Å². The summed E-state index contributed by atoms with van der Waals surface area (Å²) in [6, 6.07) is 10.8. The van der Waals surface area contributed by atoms with Crippen LogP contribution in [-0.2, 0) is 6.54 Å². The number of rotatable bonds is 5. The van der Waals surface area contributed by atoms with Crippen molar-refractivity contribution in [2.45, 2.75) is 13.5 Å². The molecule has 3 aromatic rings. The fraction of sp³-hybridized carbons (Fsp3) is 0.158. The highest BCUT2D eigenvalue weighted by atomic mass is 16.7. The predicted molar refractivity (Wildman–Crippen MR) is 98.0 cm³/mol. The van der Waals surface area contributed by atoms with Crippen LogP contribution in [0.15, 0.2) is 48.8 Å². The Bertz CT molecular complexity index is 978. The SMILES string of the molecule is Cc1cc(C(=O)NCc2ccncc2)nc(Nc2ccc3c(c2)OCO3)n1. The number of anilines is 2. The average Bonchev–Trinajstić information content (AvgIpc) is 3.14. The van der Waals surface area contributed by atoms with E-state index in [1.54, 1.807) is 24.5 Å². The lowest BCUT2D eigenvalue weighted by molar-refractivity contribution is 0.0945. The maximum atomic E-state index is 12.4. The number of amides is 1. The van der Waals surface area contributed by atoms with E-state index in [0.29, 0.717) is 35.4 Å². The molecule has 8 nitrogen and oxygen atoms in total. The molecule has 0 bridgehead atoms. The molecule has 8 heteroatoms. The number of pyridine rings is 1. The molecular formula is C19H17N5O3. The molecule has 0 aliphatic carbocycles. The number of nitrogens with one attached hydrogen (secondary N) is 2. The molecular weight excluding hydrogens is 346 g/mol. The second kappa shape index (κ2) is 7.28. The number of aromatic nitrogens is 3. The third-order valence-electron chi connectivity index (χ3n) is 3.92. The van der Waals surface area contributed by atoms with Crippen molar-refractivity contribution in [3.8, 4) is 11.5 Å². The summed E-state index contributed by atoms with van der Waals surface area (Å²) < 4.78 is 10.7. The number of ether oxygens (including phenoxy) is 2. The van der Waals surface area contributed by atoms with Crippen LogP contribution < -0.4 is 20.1 Å². The summed E-state index contributed by atoms with van der Waals surface area (Å²) in [5.74, 6) is 1.42. The van der Waals surface area contributed by atoms with Crippen LogP contribution >= 0.6 is 0 Å². The van der Waals surface area contributed by atoms with Crippen molar-refractivity contribution in [1.82, 2.24) is 20.3 Å². The molecule has 1 aliphatic heterocycles. The zero-order valence-electron chi connectivity index (χ0n) is 14.6. The van der Waals surface area contributed by atoms with Crippen molar-refractivity contribution in [2.75, 3.05) is 12.1 Å². The first-order valence-electron chi connectivity index (χ1n) is 8.37. The minimum Gasteiger partial charge on any atom is -0.454 e. The summed E-state index contributed by atoms with van der Waals surface area (Å²) in [7, 11) is 0. The summed E-state index contributed by atoms with van der Waals surface area (Å²) in [5.41, 5.74) is 2.68. The van der Waals surface area contributed by atoms with Gasteiger partial charge < -0.3 is 20.1 Å². The molecule has 0 atom stereocenters. The Morgan fingerprint density at radius 2 is 1.89 bits per heavy atom. The molecule has 2 N–H and O–H groups in total. The average molecular weight is 363 g/mol. The molecule has 0 fully saturated rings. The number of hydrogen-bond donors (Lipinski definition) is 2. The highest BCUT2D eigenvalue weighted by molar-refractivity contribution is 5.92. The van der Waals surface area contributed by atoms with Crippen LogP contribution in [0.3, 0.4) is 0 Å². The number of benzene rings is 1. The first-order chi connectivity index (χ1) is 13.2. The standard InChI is InChI=1S/C19H17N5O3/c1-12-8-15(18(25)21-10-13-4-6-20-7-5-13)24-19(22-12)23-14-2-3-16-17(9-14)27-11-26-16/h2-9H,10-11H2,1H3,(H,21,25)(H,22,23,24). The lowest BCUT2D eigenvalue weighted by Gasteiger charge is -2.09. The number of fused-ring (bicyclic) bond motifs is 1. The Morgan fingerprint density at radius 3 is 2.74 bits per heavy atom. The Hall–Kier alpha value is -3.68. The topological polar surface area (TPSA) is 98.3 Å². The van der Waals surface area contributed by atoms with E-state index in [9.17, 15) is 4.79 Å². The molecule has 27 heavy (non-hydrogen) atoms. The van der Waals surface area contributed by atoms with Crippen molar-refractivity contribution < 1.29 is 14.3 Å². The smallest absolute Gasteiger partial charge is 0.270 e. The van der Waals surface area contributed by atoms with Gasteiger partial charge >= 0.3 is 0 Å². The van der Waals surface area contributed by atoms with E-state index < -0.39 is 0 Å². The molecule has 1 aromatic carbocycles. The summed E-state index contributed by atoms with van der Waals surface area (Å²) in [5, 5.41) is 5.94. The van der Waals surface area contributed by atoms with Gasteiger partial charge in [0.2, 0.25) is 12.7 Å². The summed E-state index contributed by atoms with van der Waals surface area (Å²) >= 11 is 0. The van der Waals surface area contributed by atoms with Gasteiger partial charge in [0.05, 0.1) is 0 Å². The van der Waals surface area contributed by atoms with Crippen LogP contribution in [0.4, 0.5) is 11.6 Å². The predicted octanol–water partition coefficient (Wildman–Crippen LogP) is 2.58. The van der Waals surface area contributed by atoms with Crippen LogP contribution in [0.1, 0.15) is 21.7 Å². The Kier molecular flexibility index (Phi) is 4.52. The molecule has 4 rings (SSSR count). The van der Waals surface area contributed by atoms with Crippen molar-refractivity contribution in [3.63, 3.8) is 0 Å². The van der Waals surface area contributed by atoms with E-state index in [4.69, 9.17) is 9.47 Å². The Balaban J connectivity index is 1.48. The quantitative estimate of drug-likeness (QED) is 0.719. The van der Waals surface area contributed by atoms with E-state index in [-0.39, 0.29) is 12.7 Å². The zero-order valence-corrected chi connectivity index (χ0v) is 14.6. The summed E-state index contributed by atoms with van der Waals surface area (Å²) in [4.78, 5) is 25.1. The summed E-state index contributed by atoms with van der Waals surface area (Å²) in [6.45, 7) is 2.42. The van der Waals surface area contributed by atoms with Gasteiger partial charge in [-0.2, -0.15) is 0 Å². The van der Waals surface area contributed by atoms with Crippen molar-refractivity contribution in [3.05, 3.63) is 65.7 Å². The molecule has 0 spiro atoms. The first-order valence-corrected chi connectivity index (χ1v) is 8.37. The fourth-order valence-corrected chi connectivity index (χ4v) is 2.62. The lowest BCUT2D eigenvalue weighted by Crippen LogP contribution is -2.24. The zero-order chi connectivity index (χ0) is 18.6. The minimum absolute atomic E-state index is 0.210. The molecule has 136 valence electrons. The molecule has 3 heterocycles. The monoisotopic (exact) mass is 363 g/mol. The number of nitrogens with zero attached hydrogens (tertiary/aromatic N) is 3. The fourth-order valence-electron chi connectivity index (χ4n) is 2.62. The molecule has 2 aromatic heterocycles. The van der Waals surface area contributed by atoms with E-state index in [1.165, 1.54) is 0 Å². The van der Waals surface area contributed by atoms with Gasteiger partial charge in [0.1, 0.15) is 5.69 Å². The molecule has 0 unspecified atom stereocenters. The molecule has 1 amide bonds. The van der Waals surface area contributed by atoms with Gasteiger partial charge in [-0.3, -0.25) is 9.78 Å². The molecule has 0 radical (unpaired) electrons.